The molecule has 2 N–H and O–H groups in total. The maximum Gasteiger partial charge on any atom is 0.267 e. The van der Waals surface area contributed by atoms with Gasteiger partial charge in [-0.25, -0.2) is 8.78 Å². The van der Waals surface area contributed by atoms with Crippen molar-refractivity contribution < 1.29 is 18.3 Å². The number of benzene rings is 1. The molecule has 1 aliphatic rings. The summed E-state index contributed by atoms with van der Waals surface area (Å²) in [6.45, 7) is -0.288. The van der Waals surface area contributed by atoms with Crippen molar-refractivity contribution in [3.8, 4) is 5.75 Å². The minimum Gasteiger partial charge on any atom is -0.484 e. The Labute approximate surface area is 122 Å². The molecular weight excluding hydrogens is 290 g/mol. The third-order valence-electron chi connectivity index (χ3n) is 3.02. The summed E-state index contributed by atoms with van der Waals surface area (Å²) in [5.41, 5.74) is 6.38. The fraction of sp³-hybridized carbons (Fsp3) is 0.462. The average Bonchev–Trinajstić information content (AvgIpc) is 2.76. The number of alkyl halides is 2. The number of halogens is 3. The maximum atomic E-state index is 13.0. The lowest BCUT2D eigenvalue weighted by molar-refractivity contribution is -0.133. The molecule has 0 atom stereocenters. The molecule has 1 aromatic rings. The van der Waals surface area contributed by atoms with Crippen LogP contribution in [0.1, 0.15) is 12.0 Å². The van der Waals surface area contributed by atoms with E-state index in [-0.39, 0.29) is 32.0 Å². The van der Waals surface area contributed by atoms with Crippen molar-refractivity contribution in [1.82, 2.24) is 4.90 Å². The first-order valence-corrected chi connectivity index (χ1v) is 6.07. The van der Waals surface area contributed by atoms with Crippen molar-refractivity contribution in [2.75, 3.05) is 19.7 Å². The largest absolute Gasteiger partial charge is 0.484 e. The molecule has 7 heteroatoms. The van der Waals surface area contributed by atoms with Gasteiger partial charge in [0.15, 0.2) is 6.61 Å². The highest BCUT2D eigenvalue weighted by atomic mass is 35.5. The number of hydrogen-bond acceptors (Lipinski definition) is 3. The third kappa shape index (κ3) is 4.31. The predicted octanol–water partition coefficient (Wildman–Crippen LogP) is 1.81. The Bertz CT molecular complexity index is 471. The van der Waals surface area contributed by atoms with Gasteiger partial charge in [-0.2, -0.15) is 0 Å². The Morgan fingerprint density at radius 2 is 2.20 bits per heavy atom. The molecule has 0 saturated carbocycles. The summed E-state index contributed by atoms with van der Waals surface area (Å²) in [5, 5.41) is 0. The van der Waals surface area contributed by atoms with Crippen LogP contribution in [0.4, 0.5) is 8.78 Å². The first-order valence-electron chi connectivity index (χ1n) is 6.07. The van der Waals surface area contributed by atoms with E-state index >= 15 is 0 Å². The van der Waals surface area contributed by atoms with E-state index in [1.54, 1.807) is 18.2 Å². The van der Waals surface area contributed by atoms with Gasteiger partial charge in [-0.05, 0) is 17.7 Å². The molecule has 0 bridgehead atoms. The van der Waals surface area contributed by atoms with Crippen molar-refractivity contribution in [3.05, 3.63) is 29.8 Å². The van der Waals surface area contributed by atoms with Crippen molar-refractivity contribution in [2.24, 2.45) is 5.73 Å². The lowest BCUT2D eigenvalue weighted by atomic mass is 10.2. The topological polar surface area (TPSA) is 55.6 Å². The fourth-order valence-electron chi connectivity index (χ4n) is 1.95. The van der Waals surface area contributed by atoms with E-state index in [0.29, 0.717) is 12.3 Å². The van der Waals surface area contributed by atoms with Crippen LogP contribution < -0.4 is 10.5 Å². The quantitative estimate of drug-likeness (QED) is 0.923. The van der Waals surface area contributed by atoms with Crippen LogP contribution in [-0.2, 0) is 11.3 Å². The molecule has 1 fully saturated rings. The van der Waals surface area contributed by atoms with Crippen molar-refractivity contribution >= 4 is 18.3 Å². The Balaban J connectivity index is 0.00000200. The molecule has 1 aromatic carbocycles. The third-order valence-corrected chi connectivity index (χ3v) is 3.02. The molecule has 20 heavy (non-hydrogen) atoms. The number of likely N-dealkylation sites (tertiary alicyclic amines) is 1. The molecule has 0 spiro atoms. The van der Waals surface area contributed by atoms with E-state index in [0.717, 1.165) is 10.5 Å². The fourth-order valence-corrected chi connectivity index (χ4v) is 1.95. The van der Waals surface area contributed by atoms with Crippen molar-refractivity contribution in [1.29, 1.82) is 0 Å². The second-order valence-electron chi connectivity index (χ2n) is 4.56. The smallest absolute Gasteiger partial charge is 0.267 e. The van der Waals surface area contributed by atoms with Gasteiger partial charge in [-0.1, -0.05) is 12.1 Å². The number of nitrogens with two attached hydrogens (primary N) is 1. The van der Waals surface area contributed by atoms with Gasteiger partial charge in [-0.15, -0.1) is 12.4 Å². The summed E-state index contributed by atoms with van der Waals surface area (Å²) in [6.07, 6.45) is -0.276. The zero-order valence-corrected chi connectivity index (χ0v) is 11.7. The van der Waals surface area contributed by atoms with E-state index < -0.39 is 18.4 Å². The monoisotopic (exact) mass is 306 g/mol. The van der Waals surface area contributed by atoms with Gasteiger partial charge >= 0.3 is 0 Å². The lowest BCUT2D eigenvalue weighted by Crippen LogP contribution is -2.34. The molecule has 4 nitrogen and oxygen atoms in total. The minimum absolute atomic E-state index is 0. The van der Waals surface area contributed by atoms with Crippen LogP contribution in [0.25, 0.3) is 0 Å². The van der Waals surface area contributed by atoms with Gasteiger partial charge < -0.3 is 15.4 Å². The number of rotatable bonds is 4. The zero-order chi connectivity index (χ0) is 13.9. The normalized spacial score (nSPS) is 16.6. The van der Waals surface area contributed by atoms with Crippen LogP contribution in [-0.4, -0.2) is 36.4 Å². The number of hydrogen-bond donors (Lipinski definition) is 1. The van der Waals surface area contributed by atoms with Gasteiger partial charge in [-0.3, -0.25) is 4.79 Å². The van der Waals surface area contributed by atoms with E-state index in [1.807, 2.05) is 6.07 Å². The molecule has 0 aliphatic carbocycles. The molecule has 1 saturated heterocycles. The highest BCUT2D eigenvalue weighted by Gasteiger charge is 2.40. The van der Waals surface area contributed by atoms with Gasteiger partial charge in [0, 0.05) is 19.5 Å². The number of carbonyl (C=O) groups excluding carboxylic acids is 1. The Morgan fingerprint density at radius 1 is 1.45 bits per heavy atom. The first-order chi connectivity index (χ1) is 9.00. The number of amides is 1. The lowest BCUT2D eigenvalue weighted by Gasteiger charge is -2.16. The number of nitrogens with zero attached hydrogens (tertiary/aromatic N) is 1. The Hall–Kier alpha value is -1.40. The van der Waals surface area contributed by atoms with E-state index in [9.17, 15) is 13.6 Å². The van der Waals surface area contributed by atoms with Gasteiger partial charge in [0.05, 0.1) is 6.54 Å². The number of ether oxygens (including phenoxy) is 1. The summed E-state index contributed by atoms with van der Waals surface area (Å²) in [7, 11) is 0. The molecule has 112 valence electrons. The molecular formula is C13H17ClF2N2O2. The standard InChI is InChI=1S/C13H16F2N2O2.ClH/c14-13(15)4-5-17(9-13)12(18)8-19-11-3-1-2-10(6-11)7-16;/h1-3,6H,4-5,7-9,16H2;1H. The summed E-state index contributed by atoms with van der Waals surface area (Å²) >= 11 is 0. The zero-order valence-electron chi connectivity index (χ0n) is 10.9. The predicted molar refractivity (Wildman–Crippen MR) is 73.2 cm³/mol. The van der Waals surface area contributed by atoms with Crippen molar-refractivity contribution in [3.63, 3.8) is 0 Å². The second kappa shape index (κ2) is 6.85. The number of carbonyl (C=O) groups is 1. The van der Waals surface area contributed by atoms with E-state index in [4.69, 9.17) is 10.5 Å². The van der Waals surface area contributed by atoms with Crippen LogP contribution in [0, 0.1) is 0 Å². The van der Waals surface area contributed by atoms with Gasteiger partial charge in [0.25, 0.3) is 11.8 Å². The molecule has 1 amide bonds. The second-order valence-corrected chi connectivity index (χ2v) is 4.56. The SMILES string of the molecule is Cl.NCc1cccc(OCC(=O)N2CCC(F)(F)C2)c1. The summed E-state index contributed by atoms with van der Waals surface area (Å²) in [6, 6.07) is 7.04. The summed E-state index contributed by atoms with van der Waals surface area (Å²) in [5.74, 6) is -2.67. The van der Waals surface area contributed by atoms with E-state index in [1.165, 1.54) is 0 Å². The highest BCUT2D eigenvalue weighted by Crippen LogP contribution is 2.26. The van der Waals surface area contributed by atoms with Crippen LogP contribution in [0.2, 0.25) is 0 Å². The molecule has 1 heterocycles. The van der Waals surface area contributed by atoms with Crippen LogP contribution in [0.5, 0.6) is 5.75 Å². The molecule has 2 rings (SSSR count). The van der Waals surface area contributed by atoms with Crippen molar-refractivity contribution in [2.45, 2.75) is 18.9 Å². The van der Waals surface area contributed by atoms with E-state index in [2.05, 4.69) is 0 Å². The van der Waals surface area contributed by atoms with Crippen LogP contribution in [0.3, 0.4) is 0 Å². The molecule has 0 unspecified atom stereocenters. The summed E-state index contributed by atoms with van der Waals surface area (Å²) < 4.78 is 31.2. The summed E-state index contributed by atoms with van der Waals surface area (Å²) in [4.78, 5) is 12.8. The first kappa shape index (κ1) is 16.7. The molecule has 1 aliphatic heterocycles. The Morgan fingerprint density at radius 3 is 2.80 bits per heavy atom. The van der Waals surface area contributed by atoms with Gasteiger partial charge in [0.2, 0.25) is 0 Å². The molecule has 0 aromatic heterocycles. The van der Waals surface area contributed by atoms with Gasteiger partial charge in [0.1, 0.15) is 5.75 Å². The average molecular weight is 307 g/mol. The van der Waals surface area contributed by atoms with Crippen LogP contribution in [0.15, 0.2) is 24.3 Å². The molecule has 0 radical (unpaired) electrons. The Kier molecular flexibility index (Phi) is 5.71. The van der Waals surface area contributed by atoms with Crippen LogP contribution >= 0.6 is 12.4 Å². The highest BCUT2D eigenvalue weighted by molar-refractivity contribution is 5.85. The minimum atomic E-state index is -2.77. The maximum absolute atomic E-state index is 13.0.